The van der Waals surface area contributed by atoms with Gasteiger partial charge in [0.25, 0.3) is 0 Å². The van der Waals surface area contributed by atoms with E-state index in [0.717, 1.165) is 32.2 Å². The topological polar surface area (TPSA) is 58.6 Å². The molecule has 1 heterocycles. The van der Waals surface area contributed by atoms with E-state index in [0.29, 0.717) is 25.0 Å². The molecule has 0 spiro atoms. The first-order chi connectivity index (χ1) is 9.38. The van der Waals surface area contributed by atoms with Crippen LogP contribution in [0.4, 0.5) is 0 Å². The van der Waals surface area contributed by atoms with E-state index in [1.165, 1.54) is 6.26 Å². The van der Waals surface area contributed by atoms with Crippen LogP contribution < -0.4 is 5.32 Å². The lowest BCUT2D eigenvalue weighted by Crippen LogP contribution is -2.45. The van der Waals surface area contributed by atoms with Crippen LogP contribution >= 0.6 is 0 Å². The molecule has 0 bridgehead atoms. The van der Waals surface area contributed by atoms with Gasteiger partial charge >= 0.3 is 0 Å². The molecule has 6 heteroatoms. The van der Waals surface area contributed by atoms with Crippen molar-refractivity contribution in [3.63, 3.8) is 0 Å². The highest BCUT2D eigenvalue weighted by Crippen LogP contribution is 2.24. The molecule has 120 valence electrons. The molecule has 1 fully saturated rings. The minimum Gasteiger partial charge on any atom is -0.380 e. The molecule has 0 amide bonds. The van der Waals surface area contributed by atoms with Crippen LogP contribution in [-0.4, -0.2) is 57.9 Å². The van der Waals surface area contributed by atoms with Crippen molar-refractivity contribution in [2.75, 3.05) is 33.0 Å². The Morgan fingerprint density at radius 3 is 2.70 bits per heavy atom. The Bertz CT molecular complexity index is 373. The molecule has 0 aromatic heterocycles. The van der Waals surface area contributed by atoms with Gasteiger partial charge < -0.3 is 10.1 Å². The van der Waals surface area contributed by atoms with Crippen molar-refractivity contribution < 1.29 is 13.2 Å². The summed E-state index contributed by atoms with van der Waals surface area (Å²) >= 11 is 0. The van der Waals surface area contributed by atoms with Crippen molar-refractivity contribution in [1.82, 2.24) is 9.62 Å². The number of sulfonamides is 1. The van der Waals surface area contributed by atoms with E-state index in [-0.39, 0.29) is 6.10 Å². The largest absolute Gasteiger partial charge is 0.380 e. The first-order valence-corrected chi connectivity index (χ1v) is 9.44. The molecule has 1 aliphatic rings. The lowest BCUT2D eigenvalue weighted by atomic mass is 9.90. The lowest BCUT2D eigenvalue weighted by Gasteiger charge is -2.34. The standard InChI is InChI=1S/C14H30N2O3S/c1-5-8-15-14(12(2)19-3)10-13-7-6-9-16(11-13)20(4,17)18/h12-15H,5-11H2,1-4H3. The number of nitrogens with zero attached hydrogens (tertiary/aromatic N) is 1. The van der Waals surface area contributed by atoms with Crippen LogP contribution in [-0.2, 0) is 14.8 Å². The third-order valence-corrected chi connectivity index (χ3v) is 5.40. The van der Waals surface area contributed by atoms with Crippen LogP contribution in [0.25, 0.3) is 0 Å². The third-order valence-electron chi connectivity index (χ3n) is 4.13. The van der Waals surface area contributed by atoms with Gasteiger partial charge in [0.15, 0.2) is 0 Å². The number of hydrogen-bond donors (Lipinski definition) is 1. The van der Waals surface area contributed by atoms with Crippen LogP contribution in [0.1, 0.15) is 39.5 Å². The van der Waals surface area contributed by atoms with Gasteiger partial charge in [-0.05, 0) is 45.1 Å². The molecule has 3 atom stereocenters. The normalized spacial score (nSPS) is 24.5. The Hall–Kier alpha value is -0.170. The fraction of sp³-hybridized carbons (Fsp3) is 1.00. The van der Waals surface area contributed by atoms with Gasteiger partial charge in [0.05, 0.1) is 12.4 Å². The third kappa shape index (κ3) is 5.68. The monoisotopic (exact) mass is 306 g/mol. The second-order valence-electron chi connectivity index (χ2n) is 5.87. The van der Waals surface area contributed by atoms with E-state index in [9.17, 15) is 8.42 Å². The molecular weight excluding hydrogens is 276 g/mol. The molecule has 0 aromatic carbocycles. The molecule has 0 saturated carbocycles. The van der Waals surface area contributed by atoms with Crippen LogP contribution in [0.15, 0.2) is 0 Å². The summed E-state index contributed by atoms with van der Waals surface area (Å²) in [6.07, 6.45) is 5.58. The van der Waals surface area contributed by atoms with E-state index in [1.54, 1.807) is 11.4 Å². The van der Waals surface area contributed by atoms with Crippen molar-refractivity contribution in [3.05, 3.63) is 0 Å². The summed E-state index contributed by atoms with van der Waals surface area (Å²) in [5, 5.41) is 3.53. The number of hydrogen-bond acceptors (Lipinski definition) is 4. The van der Waals surface area contributed by atoms with Crippen LogP contribution in [0.5, 0.6) is 0 Å². The minimum atomic E-state index is -3.06. The predicted molar refractivity (Wildman–Crippen MR) is 82.3 cm³/mol. The second kappa shape index (κ2) is 8.32. The van der Waals surface area contributed by atoms with E-state index in [1.807, 2.05) is 0 Å². The Kier molecular flexibility index (Phi) is 7.43. The second-order valence-corrected chi connectivity index (χ2v) is 7.85. The van der Waals surface area contributed by atoms with Crippen molar-refractivity contribution in [2.24, 2.45) is 5.92 Å². The van der Waals surface area contributed by atoms with Gasteiger partial charge in [0.2, 0.25) is 10.0 Å². The summed E-state index contributed by atoms with van der Waals surface area (Å²) in [6, 6.07) is 0.296. The smallest absolute Gasteiger partial charge is 0.211 e. The van der Waals surface area contributed by atoms with Gasteiger partial charge in [-0.1, -0.05) is 6.92 Å². The molecule has 20 heavy (non-hydrogen) atoms. The molecule has 0 aliphatic carbocycles. The number of nitrogens with one attached hydrogen (secondary N) is 1. The van der Waals surface area contributed by atoms with E-state index in [4.69, 9.17) is 4.74 Å². The van der Waals surface area contributed by atoms with E-state index in [2.05, 4.69) is 19.2 Å². The maximum atomic E-state index is 11.7. The zero-order chi connectivity index (χ0) is 15.2. The molecule has 0 aromatic rings. The zero-order valence-corrected chi connectivity index (χ0v) is 14.1. The van der Waals surface area contributed by atoms with Crippen LogP contribution in [0, 0.1) is 5.92 Å². The molecule has 1 rings (SSSR count). The van der Waals surface area contributed by atoms with Crippen molar-refractivity contribution in [2.45, 2.75) is 51.7 Å². The molecule has 0 radical (unpaired) electrons. The average molecular weight is 306 g/mol. The van der Waals surface area contributed by atoms with Gasteiger partial charge in [-0.15, -0.1) is 0 Å². The van der Waals surface area contributed by atoms with Gasteiger partial charge in [-0.25, -0.2) is 12.7 Å². The molecular formula is C14H30N2O3S. The summed E-state index contributed by atoms with van der Waals surface area (Å²) in [7, 11) is -1.32. The highest BCUT2D eigenvalue weighted by atomic mass is 32.2. The highest BCUT2D eigenvalue weighted by molar-refractivity contribution is 7.88. The number of rotatable bonds is 8. The molecule has 1 aliphatic heterocycles. The van der Waals surface area contributed by atoms with Crippen molar-refractivity contribution in [1.29, 1.82) is 0 Å². The average Bonchev–Trinajstić information content (AvgIpc) is 2.42. The fourth-order valence-corrected chi connectivity index (χ4v) is 3.76. The lowest BCUT2D eigenvalue weighted by molar-refractivity contribution is 0.0693. The quantitative estimate of drug-likeness (QED) is 0.737. The summed E-state index contributed by atoms with van der Waals surface area (Å²) in [6.45, 7) is 6.51. The molecule has 1 saturated heterocycles. The first-order valence-electron chi connectivity index (χ1n) is 7.59. The molecule has 3 unspecified atom stereocenters. The minimum absolute atomic E-state index is 0.148. The zero-order valence-electron chi connectivity index (χ0n) is 13.3. The summed E-state index contributed by atoms with van der Waals surface area (Å²) in [5.74, 6) is 0.422. The number of ether oxygens (including phenoxy) is 1. The van der Waals surface area contributed by atoms with E-state index < -0.39 is 10.0 Å². The first kappa shape index (κ1) is 17.9. The Morgan fingerprint density at radius 1 is 1.45 bits per heavy atom. The summed E-state index contributed by atoms with van der Waals surface area (Å²) in [4.78, 5) is 0. The summed E-state index contributed by atoms with van der Waals surface area (Å²) < 4.78 is 30.4. The summed E-state index contributed by atoms with van der Waals surface area (Å²) in [5.41, 5.74) is 0. The Morgan fingerprint density at radius 2 is 2.15 bits per heavy atom. The van der Waals surface area contributed by atoms with Gasteiger partial charge in [0.1, 0.15) is 0 Å². The maximum absolute atomic E-state index is 11.7. The molecule has 5 nitrogen and oxygen atoms in total. The van der Waals surface area contributed by atoms with Crippen LogP contribution in [0.2, 0.25) is 0 Å². The predicted octanol–water partition coefficient (Wildman–Crippen LogP) is 1.45. The van der Waals surface area contributed by atoms with Gasteiger partial charge in [0, 0.05) is 26.2 Å². The SMILES string of the molecule is CCCNC(CC1CCCN(S(C)(=O)=O)C1)C(C)OC. The Balaban J connectivity index is 2.58. The van der Waals surface area contributed by atoms with Gasteiger partial charge in [-0.2, -0.15) is 0 Å². The maximum Gasteiger partial charge on any atom is 0.211 e. The van der Waals surface area contributed by atoms with E-state index >= 15 is 0 Å². The fourth-order valence-electron chi connectivity index (χ4n) is 2.81. The molecule has 1 N–H and O–H groups in total. The number of piperidine rings is 1. The number of methoxy groups -OCH3 is 1. The van der Waals surface area contributed by atoms with Crippen LogP contribution in [0.3, 0.4) is 0 Å². The van der Waals surface area contributed by atoms with Crippen molar-refractivity contribution >= 4 is 10.0 Å². The Labute approximate surface area is 124 Å². The van der Waals surface area contributed by atoms with Gasteiger partial charge in [-0.3, -0.25) is 0 Å². The highest BCUT2D eigenvalue weighted by Gasteiger charge is 2.29. The van der Waals surface area contributed by atoms with Crippen molar-refractivity contribution in [3.8, 4) is 0 Å².